The summed E-state index contributed by atoms with van der Waals surface area (Å²) in [6, 6.07) is 5.78. The molecular formula is C16H23BrN2O2. The van der Waals surface area contributed by atoms with Crippen LogP contribution in [0, 0.1) is 12.3 Å². The molecule has 1 aliphatic heterocycles. The summed E-state index contributed by atoms with van der Waals surface area (Å²) >= 11 is 3.46. The van der Waals surface area contributed by atoms with Gasteiger partial charge in [0.15, 0.2) is 0 Å². The lowest BCUT2D eigenvalue weighted by Crippen LogP contribution is -2.47. The number of piperidine rings is 1. The van der Waals surface area contributed by atoms with Crippen LogP contribution >= 0.6 is 15.9 Å². The molecule has 1 saturated heterocycles. The largest absolute Gasteiger partial charge is 0.384 e. The van der Waals surface area contributed by atoms with Gasteiger partial charge in [-0.25, -0.2) is 0 Å². The Kier molecular flexibility index (Phi) is 5.79. The van der Waals surface area contributed by atoms with E-state index >= 15 is 0 Å². The lowest BCUT2D eigenvalue weighted by atomic mass is 9.79. The van der Waals surface area contributed by atoms with Crippen molar-refractivity contribution in [3.8, 4) is 0 Å². The van der Waals surface area contributed by atoms with E-state index in [1.165, 1.54) is 0 Å². The van der Waals surface area contributed by atoms with E-state index in [0.717, 1.165) is 36.0 Å². The van der Waals surface area contributed by atoms with Crippen molar-refractivity contribution < 1.29 is 9.53 Å². The first kappa shape index (κ1) is 16.5. The van der Waals surface area contributed by atoms with Crippen LogP contribution in [-0.2, 0) is 4.74 Å². The lowest BCUT2D eigenvalue weighted by molar-refractivity contribution is 0.0511. The zero-order valence-electron chi connectivity index (χ0n) is 12.7. The molecule has 1 aliphatic rings. The number of amides is 1. The third-order valence-electron chi connectivity index (χ3n) is 4.11. The molecule has 2 rings (SSSR count). The summed E-state index contributed by atoms with van der Waals surface area (Å²) in [6.07, 6.45) is 2.05. The van der Waals surface area contributed by atoms with Crippen LogP contribution in [0.2, 0.25) is 0 Å². The molecule has 5 heteroatoms. The molecule has 1 aromatic carbocycles. The predicted molar refractivity (Wildman–Crippen MR) is 87.6 cm³/mol. The second-order valence-electron chi connectivity index (χ2n) is 5.85. The van der Waals surface area contributed by atoms with Crippen molar-refractivity contribution in [1.82, 2.24) is 10.6 Å². The molecule has 0 aromatic heterocycles. The number of ether oxygens (including phenoxy) is 1. The summed E-state index contributed by atoms with van der Waals surface area (Å²) in [7, 11) is 1.72. The Morgan fingerprint density at radius 1 is 1.43 bits per heavy atom. The first-order valence-electron chi connectivity index (χ1n) is 7.30. The maximum atomic E-state index is 12.4. The highest BCUT2D eigenvalue weighted by Gasteiger charge is 2.32. The number of hydrogen-bond acceptors (Lipinski definition) is 3. The van der Waals surface area contributed by atoms with Crippen LogP contribution in [0.4, 0.5) is 0 Å². The van der Waals surface area contributed by atoms with E-state index in [0.29, 0.717) is 18.7 Å². The summed E-state index contributed by atoms with van der Waals surface area (Å²) in [4.78, 5) is 12.4. The van der Waals surface area contributed by atoms with Crippen molar-refractivity contribution in [1.29, 1.82) is 0 Å². The smallest absolute Gasteiger partial charge is 0.252 e. The molecule has 0 bridgehead atoms. The minimum atomic E-state index is -0.0316. The molecular weight excluding hydrogens is 332 g/mol. The monoisotopic (exact) mass is 354 g/mol. The number of carbonyl (C=O) groups is 1. The Hall–Kier alpha value is -0.910. The molecule has 1 fully saturated rings. The van der Waals surface area contributed by atoms with Crippen LogP contribution in [0.3, 0.4) is 0 Å². The third-order valence-corrected chi connectivity index (χ3v) is 4.76. The fourth-order valence-corrected chi connectivity index (χ4v) is 3.48. The Morgan fingerprint density at radius 3 is 2.76 bits per heavy atom. The second kappa shape index (κ2) is 7.38. The molecule has 1 aromatic rings. The zero-order chi connectivity index (χ0) is 15.3. The van der Waals surface area contributed by atoms with E-state index in [1.807, 2.05) is 25.1 Å². The SMILES string of the molecule is COCC1(CNC(=O)c2ccc(C)cc2Br)CCNCC1. The van der Waals surface area contributed by atoms with Crippen LogP contribution in [0.25, 0.3) is 0 Å². The van der Waals surface area contributed by atoms with E-state index < -0.39 is 0 Å². The number of methoxy groups -OCH3 is 1. The number of rotatable bonds is 5. The highest BCUT2D eigenvalue weighted by Crippen LogP contribution is 2.28. The number of halogens is 1. The molecule has 1 amide bonds. The van der Waals surface area contributed by atoms with Gasteiger partial charge >= 0.3 is 0 Å². The van der Waals surface area contributed by atoms with Crippen molar-refractivity contribution >= 4 is 21.8 Å². The van der Waals surface area contributed by atoms with Gasteiger partial charge in [-0.3, -0.25) is 4.79 Å². The maximum absolute atomic E-state index is 12.4. The molecule has 0 radical (unpaired) electrons. The molecule has 0 saturated carbocycles. The van der Waals surface area contributed by atoms with Gasteiger partial charge in [-0.1, -0.05) is 6.07 Å². The Morgan fingerprint density at radius 2 is 2.14 bits per heavy atom. The van der Waals surface area contributed by atoms with E-state index in [1.54, 1.807) is 7.11 Å². The molecule has 2 N–H and O–H groups in total. The summed E-state index contributed by atoms with van der Waals surface area (Å²) in [5.74, 6) is -0.0316. The van der Waals surface area contributed by atoms with Gasteiger partial charge in [-0.2, -0.15) is 0 Å². The number of hydrogen-bond donors (Lipinski definition) is 2. The van der Waals surface area contributed by atoms with E-state index in [-0.39, 0.29) is 11.3 Å². The van der Waals surface area contributed by atoms with Crippen molar-refractivity contribution in [2.24, 2.45) is 5.41 Å². The van der Waals surface area contributed by atoms with Gasteiger partial charge in [0.1, 0.15) is 0 Å². The van der Waals surface area contributed by atoms with Gasteiger partial charge in [-0.15, -0.1) is 0 Å². The molecule has 21 heavy (non-hydrogen) atoms. The van der Waals surface area contributed by atoms with Crippen LogP contribution in [0.1, 0.15) is 28.8 Å². The fraction of sp³-hybridized carbons (Fsp3) is 0.562. The Bertz CT molecular complexity index is 494. The fourth-order valence-electron chi connectivity index (χ4n) is 2.80. The first-order valence-corrected chi connectivity index (χ1v) is 8.10. The quantitative estimate of drug-likeness (QED) is 0.853. The van der Waals surface area contributed by atoms with Crippen LogP contribution < -0.4 is 10.6 Å². The zero-order valence-corrected chi connectivity index (χ0v) is 14.3. The average Bonchev–Trinajstić information content (AvgIpc) is 2.46. The van der Waals surface area contributed by atoms with E-state index in [2.05, 4.69) is 26.6 Å². The van der Waals surface area contributed by atoms with Crippen molar-refractivity contribution in [3.63, 3.8) is 0 Å². The standard InChI is InChI=1S/C16H23BrN2O2/c1-12-3-4-13(14(17)9-12)15(20)19-10-16(11-21-2)5-7-18-8-6-16/h3-4,9,18H,5-8,10-11H2,1-2H3,(H,19,20). The van der Waals surface area contributed by atoms with Crippen LogP contribution in [-0.4, -0.2) is 39.3 Å². The van der Waals surface area contributed by atoms with Gasteiger partial charge in [0.05, 0.1) is 12.2 Å². The minimum absolute atomic E-state index is 0.0316. The summed E-state index contributed by atoms with van der Waals surface area (Å²) in [5.41, 5.74) is 1.86. The Labute approximate surface area is 134 Å². The lowest BCUT2D eigenvalue weighted by Gasteiger charge is -2.37. The number of benzene rings is 1. The number of carbonyl (C=O) groups excluding carboxylic acids is 1. The van der Waals surface area contributed by atoms with Gasteiger partial charge in [0, 0.05) is 23.5 Å². The van der Waals surface area contributed by atoms with Gasteiger partial charge in [0.25, 0.3) is 5.91 Å². The predicted octanol–water partition coefficient (Wildman–Crippen LogP) is 2.50. The van der Waals surface area contributed by atoms with Crippen molar-refractivity contribution in [2.45, 2.75) is 19.8 Å². The summed E-state index contributed by atoms with van der Waals surface area (Å²) < 4.78 is 6.21. The van der Waals surface area contributed by atoms with Crippen LogP contribution in [0.5, 0.6) is 0 Å². The second-order valence-corrected chi connectivity index (χ2v) is 6.70. The normalized spacial score (nSPS) is 17.5. The molecule has 0 unspecified atom stereocenters. The van der Waals surface area contributed by atoms with Crippen LogP contribution in [0.15, 0.2) is 22.7 Å². The first-order chi connectivity index (χ1) is 10.1. The molecule has 0 aliphatic carbocycles. The summed E-state index contributed by atoms with van der Waals surface area (Å²) in [5, 5.41) is 6.43. The highest BCUT2D eigenvalue weighted by atomic mass is 79.9. The number of nitrogens with one attached hydrogen (secondary N) is 2. The average molecular weight is 355 g/mol. The maximum Gasteiger partial charge on any atom is 0.252 e. The molecule has 116 valence electrons. The van der Waals surface area contributed by atoms with E-state index in [9.17, 15) is 4.79 Å². The molecule has 4 nitrogen and oxygen atoms in total. The van der Waals surface area contributed by atoms with Gasteiger partial charge < -0.3 is 15.4 Å². The van der Waals surface area contributed by atoms with E-state index in [4.69, 9.17) is 4.74 Å². The molecule has 0 atom stereocenters. The van der Waals surface area contributed by atoms with Crippen molar-refractivity contribution in [3.05, 3.63) is 33.8 Å². The van der Waals surface area contributed by atoms with Gasteiger partial charge in [0.2, 0.25) is 0 Å². The molecule has 0 spiro atoms. The number of aryl methyl sites for hydroxylation is 1. The third kappa shape index (κ3) is 4.28. The highest BCUT2D eigenvalue weighted by molar-refractivity contribution is 9.10. The van der Waals surface area contributed by atoms with Gasteiger partial charge in [-0.05, 0) is 66.5 Å². The molecule has 1 heterocycles. The topological polar surface area (TPSA) is 50.4 Å². The minimum Gasteiger partial charge on any atom is -0.384 e. The Balaban J connectivity index is 2.01. The van der Waals surface area contributed by atoms with Crippen molar-refractivity contribution in [2.75, 3.05) is 33.4 Å². The summed E-state index contributed by atoms with van der Waals surface area (Å²) in [6.45, 7) is 5.31.